The SMILES string of the molecule is CC(c1cn(-c2cc(-c3ccccc3O)nnc2N)cn1)C1CCN(C(=O)OC(C)(C)C)CC1. The fraction of sp³-hybridized carbons (Fsp3) is 0.440. The maximum absolute atomic E-state index is 12.4. The van der Waals surface area contributed by atoms with Gasteiger partial charge in [-0.3, -0.25) is 0 Å². The molecule has 4 rings (SSSR count). The summed E-state index contributed by atoms with van der Waals surface area (Å²) < 4.78 is 7.35. The lowest BCUT2D eigenvalue weighted by atomic mass is 9.84. The average Bonchev–Trinajstić information content (AvgIpc) is 3.28. The van der Waals surface area contributed by atoms with Crippen molar-refractivity contribution in [3.8, 4) is 22.7 Å². The number of carbonyl (C=O) groups is 1. The van der Waals surface area contributed by atoms with E-state index in [-0.39, 0.29) is 23.6 Å². The van der Waals surface area contributed by atoms with Crippen LogP contribution in [0.15, 0.2) is 42.9 Å². The summed E-state index contributed by atoms with van der Waals surface area (Å²) in [5, 5.41) is 18.4. The Labute approximate surface area is 199 Å². The smallest absolute Gasteiger partial charge is 0.410 e. The number of hydrogen-bond acceptors (Lipinski definition) is 7. The number of ether oxygens (including phenoxy) is 1. The van der Waals surface area contributed by atoms with Crippen LogP contribution in [0, 0.1) is 5.92 Å². The summed E-state index contributed by atoms with van der Waals surface area (Å²) in [7, 11) is 0. The molecule has 1 aliphatic rings. The van der Waals surface area contributed by atoms with Crippen molar-refractivity contribution in [1.29, 1.82) is 0 Å². The largest absolute Gasteiger partial charge is 0.507 e. The number of phenolic OH excluding ortho intramolecular Hbond substituents is 1. The first-order chi connectivity index (χ1) is 16.1. The minimum absolute atomic E-state index is 0.130. The van der Waals surface area contributed by atoms with Crippen LogP contribution in [0.25, 0.3) is 16.9 Å². The van der Waals surface area contributed by atoms with Gasteiger partial charge >= 0.3 is 6.09 Å². The zero-order valence-corrected chi connectivity index (χ0v) is 20.1. The first-order valence-electron chi connectivity index (χ1n) is 11.6. The van der Waals surface area contributed by atoms with Crippen molar-refractivity contribution in [1.82, 2.24) is 24.6 Å². The molecule has 1 amide bonds. The molecule has 9 heteroatoms. The molecule has 1 atom stereocenters. The second-order valence-electron chi connectivity index (χ2n) is 9.82. The number of hydrogen-bond donors (Lipinski definition) is 2. The first-order valence-corrected chi connectivity index (χ1v) is 11.6. The predicted molar refractivity (Wildman–Crippen MR) is 130 cm³/mol. The summed E-state index contributed by atoms with van der Waals surface area (Å²) in [6.45, 7) is 9.17. The first kappa shape index (κ1) is 23.5. The van der Waals surface area contributed by atoms with E-state index < -0.39 is 5.60 Å². The number of aromatic nitrogens is 4. The second-order valence-corrected chi connectivity index (χ2v) is 9.82. The molecule has 1 aliphatic heterocycles. The number of likely N-dealkylation sites (tertiary alicyclic amines) is 1. The zero-order chi connectivity index (χ0) is 24.5. The minimum Gasteiger partial charge on any atom is -0.507 e. The quantitative estimate of drug-likeness (QED) is 0.588. The third-order valence-electron chi connectivity index (χ3n) is 6.23. The number of carbonyl (C=O) groups excluding carboxylic acids is 1. The molecule has 0 bridgehead atoms. The second kappa shape index (κ2) is 9.32. The topological polar surface area (TPSA) is 119 Å². The molecular weight excluding hydrogens is 432 g/mol. The van der Waals surface area contributed by atoms with E-state index in [4.69, 9.17) is 10.5 Å². The van der Waals surface area contributed by atoms with Crippen LogP contribution < -0.4 is 5.73 Å². The van der Waals surface area contributed by atoms with E-state index in [0.29, 0.717) is 36.0 Å². The van der Waals surface area contributed by atoms with E-state index in [1.54, 1.807) is 35.5 Å². The van der Waals surface area contributed by atoms with E-state index >= 15 is 0 Å². The number of piperidine rings is 1. The normalized spacial score (nSPS) is 15.8. The fourth-order valence-electron chi connectivity index (χ4n) is 4.27. The van der Waals surface area contributed by atoms with Gasteiger partial charge in [-0.05, 0) is 57.7 Å². The molecule has 0 spiro atoms. The zero-order valence-electron chi connectivity index (χ0n) is 20.1. The predicted octanol–water partition coefficient (Wildman–Crippen LogP) is 4.37. The van der Waals surface area contributed by atoms with E-state index in [1.807, 2.05) is 37.6 Å². The molecule has 1 aromatic carbocycles. The highest BCUT2D eigenvalue weighted by Gasteiger charge is 2.30. The number of phenols is 1. The number of imidazole rings is 1. The maximum Gasteiger partial charge on any atom is 0.410 e. The van der Waals surface area contributed by atoms with Crippen molar-refractivity contribution < 1.29 is 14.6 Å². The number of para-hydroxylation sites is 1. The summed E-state index contributed by atoms with van der Waals surface area (Å²) in [5.74, 6) is 1.04. The monoisotopic (exact) mass is 464 g/mol. The summed E-state index contributed by atoms with van der Waals surface area (Å²) in [5.41, 5.74) is 8.35. The van der Waals surface area contributed by atoms with Crippen molar-refractivity contribution in [2.75, 3.05) is 18.8 Å². The molecule has 2 aromatic heterocycles. The maximum atomic E-state index is 12.4. The molecule has 1 fully saturated rings. The Morgan fingerprint density at radius 1 is 1.21 bits per heavy atom. The molecule has 0 radical (unpaired) electrons. The molecule has 1 saturated heterocycles. The summed E-state index contributed by atoms with van der Waals surface area (Å²) >= 11 is 0. The molecule has 3 N–H and O–H groups in total. The van der Waals surface area contributed by atoms with Gasteiger partial charge in [0.15, 0.2) is 5.82 Å². The van der Waals surface area contributed by atoms with Gasteiger partial charge in [-0.2, -0.15) is 0 Å². The van der Waals surface area contributed by atoms with E-state index in [0.717, 1.165) is 18.5 Å². The summed E-state index contributed by atoms with van der Waals surface area (Å²) in [6.07, 6.45) is 5.23. The van der Waals surface area contributed by atoms with E-state index in [2.05, 4.69) is 22.1 Å². The number of aromatic hydroxyl groups is 1. The van der Waals surface area contributed by atoms with Crippen LogP contribution in [0.3, 0.4) is 0 Å². The van der Waals surface area contributed by atoms with Crippen molar-refractivity contribution in [3.63, 3.8) is 0 Å². The van der Waals surface area contributed by atoms with Gasteiger partial charge in [-0.15, -0.1) is 10.2 Å². The van der Waals surface area contributed by atoms with Crippen LogP contribution in [0.5, 0.6) is 5.75 Å². The molecule has 9 nitrogen and oxygen atoms in total. The highest BCUT2D eigenvalue weighted by molar-refractivity contribution is 5.70. The van der Waals surface area contributed by atoms with Gasteiger partial charge in [0.25, 0.3) is 0 Å². The molecule has 1 unspecified atom stereocenters. The van der Waals surface area contributed by atoms with Crippen LogP contribution in [-0.4, -0.2) is 54.5 Å². The molecule has 3 aromatic rings. The highest BCUT2D eigenvalue weighted by atomic mass is 16.6. The highest BCUT2D eigenvalue weighted by Crippen LogP contribution is 2.33. The molecule has 34 heavy (non-hydrogen) atoms. The number of nitrogens with zero attached hydrogens (tertiary/aromatic N) is 5. The standard InChI is InChI=1S/C25H32N6O3/c1-16(17-9-11-30(12-10-17)24(33)34-25(2,3)4)20-14-31(15-27-20)21-13-19(28-29-23(21)26)18-7-5-6-8-22(18)32/h5-8,13-17,32H,9-12H2,1-4H3,(H2,26,29). The molecular formula is C25H32N6O3. The van der Waals surface area contributed by atoms with Gasteiger partial charge in [-0.25, -0.2) is 9.78 Å². The van der Waals surface area contributed by atoms with Crippen LogP contribution in [-0.2, 0) is 4.74 Å². The van der Waals surface area contributed by atoms with Gasteiger partial charge in [0.05, 0.1) is 23.4 Å². The van der Waals surface area contributed by atoms with Gasteiger partial charge in [0.1, 0.15) is 11.4 Å². The molecule has 0 saturated carbocycles. The Balaban J connectivity index is 1.46. The lowest BCUT2D eigenvalue weighted by Crippen LogP contribution is -2.42. The average molecular weight is 465 g/mol. The minimum atomic E-state index is -0.489. The van der Waals surface area contributed by atoms with Gasteiger partial charge in [0.2, 0.25) is 0 Å². The Morgan fingerprint density at radius 2 is 1.91 bits per heavy atom. The fourth-order valence-corrected chi connectivity index (χ4v) is 4.27. The number of amides is 1. The van der Waals surface area contributed by atoms with Crippen molar-refractivity contribution in [3.05, 3.63) is 48.5 Å². The lowest BCUT2D eigenvalue weighted by Gasteiger charge is -2.35. The van der Waals surface area contributed by atoms with Crippen molar-refractivity contribution >= 4 is 11.9 Å². The van der Waals surface area contributed by atoms with E-state index in [1.165, 1.54) is 0 Å². The summed E-state index contributed by atoms with van der Waals surface area (Å²) in [4.78, 5) is 18.8. The number of nitrogens with two attached hydrogens (primary N) is 1. The number of rotatable bonds is 4. The van der Waals surface area contributed by atoms with Crippen LogP contribution in [0.1, 0.15) is 52.1 Å². The summed E-state index contributed by atoms with van der Waals surface area (Å²) in [6, 6.07) is 8.78. The van der Waals surface area contributed by atoms with Crippen molar-refractivity contribution in [2.24, 2.45) is 5.92 Å². The van der Waals surface area contributed by atoms with Crippen molar-refractivity contribution in [2.45, 2.75) is 52.1 Å². The molecule has 0 aliphatic carbocycles. The Kier molecular flexibility index (Phi) is 6.45. The Hall–Kier alpha value is -3.62. The number of nitrogen functional groups attached to an aromatic ring is 1. The Bertz CT molecular complexity index is 1160. The van der Waals surface area contributed by atoms with Crippen LogP contribution in [0.4, 0.5) is 10.6 Å². The number of benzene rings is 1. The van der Waals surface area contributed by atoms with E-state index in [9.17, 15) is 9.90 Å². The molecule has 180 valence electrons. The Morgan fingerprint density at radius 3 is 2.59 bits per heavy atom. The van der Waals surface area contributed by atoms with Crippen LogP contribution in [0.2, 0.25) is 0 Å². The number of anilines is 1. The van der Waals surface area contributed by atoms with Gasteiger partial charge < -0.3 is 25.0 Å². The third-order valence-corrected chi connectivity index (χ3v) is 6.23. The van der Waals surface area contributed by atoms with Crippen LogP contribution >= 0.6 is 0 Å². The van der Waals surface area contributed by atoms with Gasteiger partial charge in [-0.1, -0.05) is 19.1 Å². The molecule has 3 heterocycles. The lowest BCUT2D eigenvalue weighted by molar-refractivity contribution is 0.0175. The van der Waals surface area contributed by atoms with Gasteiger partial charge in [0, 0.05) is 30.8 Å². The third kappa shape index (κ3) is 5.13.